The van der Waals surface area contributed by atoms with Crippen molar-refractivity contribution in [2.75, 3.05) is 7.05 Å². The van der Waals surface area contributed by atoms with E-state index in [1.807, 2.05) is 6.92 Å². The Bertz CT molecular complexity index is 146. The second-order valence-electron chi connectivity index (χ2n) is 2.15. The van der Waals surface area contributed by atoms with Crippen LogP contribution in [0.15, 0.2) is 0 Å². The molecule has 0 heterocycles. The number of carbonyl (C=O) groups is 1. The fourth-order valence-electron chi connectivity index (χ4n) is 0.647. The molecule has 0 aliphatic heterocycles. The molecule has 0 aromatic carbocycles. The van der Waals surface area contributed by atoms with Gasteiger partial charge in [-0.2, -0.15) is 0 Å². The fraction of sp³-hybridized carbons (Fsp3) is 0.625. The lowest BCUT2D eigenvalue weighted by atomic mass is 10.0. The summed E-state index contributed by atoms with van der Waals surface area (Å²) >= 11 is 0. The van der Waals surface area contributed by atoms with E-state index in [0.29, 0.717) is 6.42 Å². The first-order valence-electron chi connectivity index (χ1n) is 3.41. The van der Waals surface area contributed by atoms with Crippen LogP contribution in [-0.4, -0.2) is 13.0 Å². The van der Waals surface area contributed by atoms with Crippen LogP contribution in [0.3, 0.4) is 0 Å². The Labute approximate surface area is 62.0 Å². The first-order valence-corrected chi connectivity index (χ1v) is 3.41. The SMILES string of the molecule is C#C[C@@H](CC)CC(=O)NC. The second kappa shape index (κ2) is 4.87. The van der Waals surface area contributed by atoms with E-state index in [2.05, 4.69) is 11.2 Å². The van der Waals surface area contributed by atoms with Gasteiger partial charge >= 0.3 is 0 Å². The van der Waals surface area contributed by atoms with Crippen LogP contribution in [0.1, 0.15) is 19.8 Å². The number of rotatable bonds is 3. The van der Waals surface area contributed by atoms with E-state index >= 15 is 0 Å². The van der Waals surface area contributed by atoms with E-state index in [1.165, 1.54) is 0 Å². The quantitative estimate of drug-likeness (QED) is 0.575. The van der Waals surface area contributed by atoms with Crippen molar-refractivity contribution in [1.82, 2.24) is 5.32 Å². The molecule has 2 nitrogen and oxygen atoms in total. The Morgan fingerprint density at radius 2 is 2.40 bits per heavy atom. The van der Waals surface area contributed by atoms with Crippen molar-refractivity contribution >= 4 is 5.91 Å². The van der Waals surface area contributed by atoms with Gasteiger partial charge in [-0.15, -0.1) is 12.3 Å². The van der Waals surface area contributed by atoms with Gasteiger partial charge in [-0.1, -0.05) is 6.92 Å². The molecule has 0 aromatic heterocycles. The first kappa shape index (κ1) is 9.03. The molecule has 0 spiro atoms. The number of terminal acetylenes is 1. The summed E-state index contributed by atoms with van der Waals surface area (Å²) in [6, 6.07) is 0. The van der Waals surface area contributed by atoms with Gasteiger partial charge in [0.2, 0.25) is 5.91 Å². The molecule has 56 valence electrons. The third kappa shape index (κ3) is 3.13. The minimum Gasteiger partial charge on any atom is -0.359 e. The molecule has 0 fully saturated rings. The van der Waals surface area contributed by atoms with Crippen LogP contribution in [-0.2, 0) is 4.79 Å². The molecule has 0 radical (unpaired) electrons. The summed E-state index contributed by atoms with van der Waals surface area (Å²) < 4.78 is 0. The van der Waals surface area contributed by atoms with E-state index in [1.54, 1.807) is 7.05 Å². The summed E-state index contributed by atoms with van der Waals surface area (Å²) in [7, 11) is 1.62. The molecule has 0 rings (SSSR count). The van der Waals surface area contributed by atoms with E-state index in [4.69, 9.17) is 6.42 Å². The lowest BCUT2D eigenvalue weighted by Gasteiger charge is -2.04. The average molecular weight is 139 g/mol. The van der Waals surface area contributed by atoms with Gasteiger partial charge in [0, 0.05) is 19.4 Å². The lowest BCUT2D eigenvalue weighted by molar-refractivity contribution is -0.121. The molecule has 10 heavy (non-hydrogen) atoms. The molecule has 0 saturated carbocycles. The summed E-state index contributed by atoms with van der Waals surface area (Å²) in [5.41, 5.74) is 0. The molecular formula is C8H13NO. The van der Waals surface area contributed by atoms with Crippen LogP contribution in [0.25, 0.3) is 0 Å². The van der Waals surface area contributed by atoms with Gasteiger partial charge in [0.05, 0.1) is 0 Å². The van der Waals surface area contributed by atoms with Crippen LogP contribution in [0.2, 0.25) is 0 Å². The van der Waals surface area contributed by atoms with E-state index in [9.17, 15) is 4.79 Å². The lowest BCUT2D eigenvalue weighted by Crippen LogP contribution is -2.20. The van der Waals surface area contributed by atoms with Crippen molar-refractivity contribution in [1.29, 1.82) is 0 Å². The zero-order valence-corrected chi connectivity index (χ0v) is 6.48. The van der Waals surface area contributed by atoms with E-state index in [-0.39, 0.29) is 11.8 Å². The molecule has 0 unspecified atom stereocenters. The molecule has 1 atom stereocenters. The van der Waals surface area contributed by atoms with Crippen molar-refractivity contribution in [2.24, 2.45) is 5.92 Å². The number of hydrogen-bond acceptors (Lipinski definition) is 1. The number of carbonyl (C=O) groups excluding carboxylic acids is 1. The molecular weight excluding hydrogens is 126 g/mol. The first-order chi connectivity index (χ1) is 4.74. The van der Waals surface area contributed by atoms with Gasteiger partial charge in [0.25, 0.3) is 0 Å². The topological polar surface area (TPSA) is 29.1 Å². The number of nitrogens with one attached hydrogen (secondary N) is 1. The van der Waals surface area contributed by atoms with Crippen molar-refractivity contribution in [2.45, 2.75) is 19.8 Å². The normalized spacial score (nSPS) is 11.7. The van der Waals surface area contributed by atoms with Gasteiger partial charge in [-0.3, -0.25) is 4.79 Å². The largest absolute Gasteiger partial charge is 0.359 e. The highest BCUT2D eigenvalue weighted by atomic mass is 16.1. The summed E-state index contributed by atoms with van der Waals surface area (Å²) in [4.78, 5) is 10.7. The Morgan fingerprint density at radius 3 is 2.70 bits per heavy atom. The van der Waals surface area contributed by atoms with Crippen molar-refractivity contribution < 1.29 is 4.79 Å². The Hall–Kier alpha value is -0.970. The summed E-state index contributed by atoms with van der Waals surface area (Å²) in [6.45, 7) is 1.98. The zero-order valence-electron chi connectivity index (χ0n) is 6.48. The van der Waals surface area contributed by atoms with Crippen LogP contribution in [0.5, 0.6) is 0 Å². The Balaban J connectivity index is 3.66. The summed E-state index contributed by atoms with van der Waals surface area (Å²) in [5.74, 6) is 2.67. The Kier molecular flexibility index (Phi) is 4.39. The van der Waals surface area contributed by atoms with Gasteiger partial charge in [-0.05, 0) is 6.42 Å². The van der Waals surface area contributed by atoms with E-state index < -0.39 is 0 Å². The molecule has 2 heteroatoms. The predicted molar refractivity (Wildman–Crippen MR) is 41.3 cm³/mol. The third-order valence-electron chi connectivity index (χ3n) is 1.44. The third-order valence-corrected chi connectivity index (χ3v) is 1.44. The molecule has 0 aliphatic carbocycles. The highest BCUT2D eigenvalue weighted by Gasteiger charge is 2.06. The van der Waals surface area contributed by atoms with Gasteiger partial charge in [0.15, 0.2) is 0 Å². The molecule has 0 aliphatic rings. The zero-order chi connectivity index (χ0) is 7.98. The van der Waals surface area contributed by atoms with E-state index in [0.717, 1.165) is 6.42 Å². The van der Waals surface area contributed by atoms with Crippen LogP contribution < -0.4 is 5.32 Å². The molecule has 1 N–H and O–H groups in total. The van der Waals surface area contributed by atoms with Gasteiger partial charge in [0.1, 0.15) is 0 Å². The maximum absolute atomic E-state index is 10.7. The smallest absolute Gasteiger partial charge is 0.220 e. The van der Waals surface area contributed by atoms with Crippen LogP contribution in [0.4, 0.5) is 0 Å². The fourth-order valence-corrected chi connectivity index (χ4v) is 0.647. The number of hydrogen-bond donors (Lipinski definition) is 1. The second-order valence-corrected chi connectivity index (χ2v) is 2.15. The number of amides is 1. The molecule has 0 bridgehead atoms. The van der Waals surface area contributed by atoms with Gasteiger partial charge in [-0.25, -0.2) is 0 Å². The Morgan fingerprint density at radius 1 is 1.80 bits per heavy atom. The van der Waals surface area contributed by atoms with Crippen molar-refractivity contribution in [3.63, 3.8) is 0 Å². The highest BCUT2D eigenvalue weighted by molar-refractivity contribution is 5.76. The molecule has 0 aromatic rings. The van der Waals surface area contributed by atoms with Crippen molar-refractivity contribution in [3.05, 3.63) is 0 Å². The minimum absolute atomic E-state index is 0.0183. The molecule has 0 saturated heterocycles. The average Bonchev–Trinajstić information content (AvgIpc) is 1.99. The van der Waals surface area contributed by atoms with Crippen LogP contribution >= 0.6 is 0 Å². The predicted octanol–water partition coefficient (Wildman–Crippen LogP) is 0.782. The molecule has 1 amide bonds. The highest BCUT2D eigenvalue weighted by Crippen LogP contribution is 2.04. The summed E-state index contributed by atoms with van der Waals surface area (Å²) in [5, 5.41) is 2.53. The standard InChI is InChI=1S/C8H13NO/c1-4-7(5-2)6-8(10)9-3/h1,7H,5-6H2,2-3H3,(H,9,10)/t7-/m0/s1. The van der Waals surface area contributed by atoms with Crippen LogP contribution in [0, 0.1) is 18.3 Å². The summed E-state index contributed by atoms with van der Waals surface area (Å²) in [6.07, 6.45) is 6.47. The maximum atomic E-state index is 10.7. The van der Waals surface area contributed by atoms with Crippen molar-refractivity contribution in [3.8, 4) is 12.3 Å². The maximum Gasteiger partial charge on any atom is 0.220 e. The van der Waals surface area contributed by atoms with Gasteiger partial charge < -0.3 is 5.32 Å². The minimum atomic E-state index is 0.0183. The monoisotopic (exact) mass is 139 g/mol.